The van der Waals surface area contributed by atoms with Crippen molar-refractivity contribution in [2.45, 2.75) is 32.2 Å². The first-order valence-corrected chi connectivity index (χ1v) is 17.1. The number of hydrogen-bond acceptors (Lipinski definition) is 0. The van der Waals surface area contributed by atoms with Crippen LogP contribution < -0.4 is 0 Å². The van der Waals surface area contributed by atoms with Crippen LogP contribution in [0, 0.1) is 5.92 Å². The lowest BCUT2D eigenvalue weighted by Gasteiger charge is -2.24. The Morgan fingerprint density at radius 3 is 1.96 bits per heavy atom. The summed E-state index contributed by atoms with van der Waals surface area (Å²) >= 11 is 0. The first kappa shape index (κ1) is 27.5. The topological polar surface area (TPSA) is 9.86 Å². The summed E-state index contributed by atoms with van der Waals surface area (Å²) in [6.45, 7) is 7.05. The fourth-order valence-electron chi connectivity index (χ4n) is 8.78. The first-order chi connectivity index (χ1) is 23.5. The average molecular weight is 617 g/mol. The summed E-state index contributed by atoms with van der Waals surface area (Å²) in [6.07, 6.45) is 9.02. The van der Waals surface area contributed by atoms with Crippen molar-refractivity contribution < 1.29 is 0 Å². The molecule has 230 valence electrons. The van der Waals surface area contributed by atoms with Gasteiger partial charge < -0.3 is 9.13 Å². The molecule has 10 rings (SSSR count). The normalized spacial score (nSPS) is 17.9. The minimum absolute atomic E-state index is 0.0562. The number of allylic oxidation sites excluding steroid dienone is 4. The molecule has 0 saturated heterocycles. The molecule has 2 unspecified atom stereocenters. The number of fused-ring (bicyclic) bond motifs is 9. The van der Waals surface area contributed by atoms with Gasteiger partial charge in [-0.25, -0.2) is 0 Å². The molecule has 0 fully saturated rings. The molecule has 0 aliphatic heterocycles. The minimum Gasteiger partial charge on any atom is -0.333 e. The Labute approximate surface area is 280 Å². The van der Waals surface area contributed by atoms with Crippen LogP contribution in [-0.4, -0.2) is 9.13 Å². The average Bonchev–Trinajstić information content (AvgIpc) is 3.70. The number of hydrogen-bond donors (Lipinski definition) is 0. The van der Waals surface area contributed by atoms with Crippen LogP contribution in [0.4, 0.5) is 0 Å². The zero-order chi connectivity index (χ0) is 32.1. The summed E-state index contributed by atoms with van der Waals surface area (Å²) in [5.41, 5.74) is 14.2. The number of benzene rings is 6. The standard InChI is InChI=1S/C46H36N2/c1-29-13-7-11-19-41(29)48-42-20-12-9-17-34(42)36-25-30(22-24-44(36)48)31-21-23-43-37(26-31)38-27-35-33-16-8-10-18-39(33)46(2,3)40(35)28-45(38)47(43)32-14-5-4-6-15-32/h4-29,41H,1-3H3. The van der Waals surface area contributed by atoms with Gasteiger partial charge in [0, 0.05) is 43.7 Å². The Bertz CT molecular complexity index is 2660. The predicted molar refractivity (Wildman–Crippen MR) is 203 cm³/mol. The van der Waals surface area contributed by atoms with Gasteiger partial charge in [-0.2, -0.15) is 0 Å². The van der Waals surface area contributed by atoms with E-state index in [0.29, 0.717) is 12.0 Å². The van der Waals surface area contributed by atoms with E-state index in [1.54, 1.807) is 0 Å². The van der Waals surface area contributed by atoms with Crippen LogP contribution in [0.3, 0.4) is 0 Å². The Morgan fingerprint density at radius 2 is 1.15 bits per heavy atom. The maximum absolute atomic E-state index is 2.54. The highest BCUT2D eigenvalue weighted by Gasteiger charge is 2.36. The van der Waals surface area contributed by atoms with Gasteiger partial charge in [-0.05, 0) is 93.9 Å². The van der Waals surface area contributed by atoms with E-state index in [1.165, 1.54) is 82.7 Å². The van der Waals surface area contributed by atoms with Crippen molar-refractivity contribution in [1.82, 2.24) is 9.13 Å². The fraction of sp³-hybridized carbons (Fsp3) is 0.130. The molecule has 2 aromatic heterocycles. The van der Waals surface area contributed by atoms with Gasteiger partial charge in [0.05, 0.1) is 17.1 Å². The third-order valence-electron chi connectivity index (χ3n) is 11.2. The molecule has 6 aromatic carbocycles. The van der Waals surface area contributed by atoms with Crippen LogP contribution in [0.5, 0.6) is 0 Å². The third-order valence-corrected chi connectivity index (χ3v) is 11.2. The van der Waals surface area contributed by atoms with Crippen molar-refractivity contribution >= 4 is 43.6 Å². The summed E-state index contributed by atoms with van der Waals surface area (Å²) in [5, 5.41) is 5.20. The number of nitrogens with zero attached hydrogens (tertiary/aromatic N) is 2. The number of aromatic nitrogens is 2. The predicted octanol–water partition coefficient (Wildman–Crippen LogP) is 12.2. The van der Waals surface area contributed by atoms with Gasteiger partial charge in [-0.15, -0.1) is 0 Å². The monoisotopic (exact) mass is 616 g/mol. The Kier molecular flexibility index (Phi) is 5.70. The van der Waals surface area contributed by atoms with E-state index in [-0.39, 0.29) is 5.41 Å². The van der Waals surface area contributed by atoms with E-state index in [4.69, 9.17) is 0 Å². The van der Waals surface area contributed by atoms with Crippen LogP contribution in [0.2, 0.25) is 0 Å². The second-order valence-electron chi connectivity index (χ2n) is 14.2. The molecule has 2 nitrogen and oxygen atoms in total. The maximum Gasteiger partial charge on any atom is 0.0585 e. The molecule has 0 amide bonds. The van der Waals surface area contributed by atoms with E-state index in [2.05, 4.69) is 182 Å². The van der Waals surface area contributed by atoms with Crippen LogP contribution in [0.1, 0.15) is 37.9 Å². The lowest BCUT2D eigenvalue weighted by Crippen LogP contribution is -2.15. The van der Waals surface area contributed by atoms with Gasteiger partial charge in [0.15, 0.2) is 0 Å². The van der Waals surface area contributed by atoms with Gasteiger partial charge in [-0.3, -0.25) is 0 Å². The van der Waals surface area contributed by atoms with Crippen molar-refractivity contribution in [1.29, 1.82) is 0 Å². The highest BCUT2D eigenvalue weighted by molar-refractivity contribution is 6.13. The van der Waals surface area contributed by atoms with Gasteiger partial charge in [0.1, 0.15) is 0 Å². The highest BCUT2D eigenvalue weighted by atomic mass is 15.0. The maximum atomic E-state index is 2.54. The largest absolute Gasteiger partial charge is 0.333 e. The van der Waals surface area contributed by atoms with Crippen LogP contribution >= 0.6 is 0 Å². The van der Waals surface area contributed by atoms with Crippen molar-refractivity contribution in [2.24, 2.45) is 5.92 Å². The summed E-state index contributed by atoms with van der Waals surface area (Å²) in [6, 6.07) is 48.0. The minimum atomic E-state index is -0.0562. The Hall–Kier alpha value is -5.60. The van der Waals surface area contributed by atoms with E-state index in [1.807, 2.05) is 0 Å². The van der Waals surface area contributed by atoms with Gasteiger partial charge in [0.2, 0.25) is 0 Å². The molecule has 8 aromatic rings. The van der Waals surface area contributed by atoms with Crippen LogP contribution in [0.15, 0.2) is 152 Å². The molecule has 2 atom stereocenters. The Balaban J connectivity index is 1.21. The van der Waals surface area contributed by atoms with E-state index in [0.717, 1.165) is 0 Å². The molecule has 0 bridgehead atoms. The fourth-order valence-corrected chi connectivity index (χ4v) is 8.78. The van der Waals surface area contributed by atoms with Gasteiger partial charge in [0.25, 0.3) is 0 Å². The van der Waals surface area contributed by atoms with Crippen LogP contribution in [0.25, 0.3) is 71.6 Å². The molecule has 2 heterocycles. The second-order valence-corrected chi connectivity index (χ2v) is 14.2. The summed E-state index contributed by atoms with van der Waals surface area (Å²) < 4.78 is 4.99. The van der Waals surface area contributed by atoms with Gasteiger partial charge >= 0.3 is 0 Å². The number of rotatable bonds is 3. The lowest BCUT2D eigenvalue weighted by molar-refractivity contribution is 0.510. The highest BCUT2D eigenvalue weighted by Crippen LogP contribution is 2.51. The van der Waals surface area contributed by atoms with Crippen molar-refractivity contribution in [3.63, 3.8) is 0 Å². The zero-order valence-corrected chi connectivity index (χ0v) is 27.5. The first-order valence-electron chi connectivity index (χ1n) is 17.1. The van der Waals surface area contributed by atoms with Crippen molar-refractivity contribution in [3.8, 4) is 27.9 Å². The van der Waals surface area contributed by atoms with E-state index in [9.17, 15) is 0 Å². The molecule has 2 aliphatic carbocycles. The summed E-state index contributed by atoms with van der Waals surface area (Å²) in [5.74, 6) is 0.428. The van der Waals surface area contributed by atoms with Crippen molar-refractivity contribution in [3.05, 3.63) is 163 Å². The quantitative estimate of drug-likeness (QED) is 0.187. The second kappa shape index (κ2) is 9.95. The molecule has 0 saturated carbocycles. The third kappa shape index (κ3) is 3.75. The Morgan fingerprint density at radius 1 is 0.500 bits per heavy atom. The molecule has 0 radical (unpaired) electrons. The molecule has 48 heavy (non-hydrogen) atoms. The number of para-hydroxylation sites is 2. The van der Waals surface area contributed by atoms with Crippen molar-refractivity contribution in [2.75, 3.05) is 0 Å². The zero-order valence-electron chi connectivity index (χ0n) is 27.5. The molecule has 2 heteroatoms. The van der Waals surface area contributed by atoms with E-state index < -0.39 is 0 Å². The summed E-state index contributed by atoms with van der Waals surface area (Å²) in [7, 11) is 0. The van der Waals surface area contributed by atoms with Crippen LogP contribution in [-0.2, 0) is 5.41 Å². The molecule has 2 aliphatic rings. The molecule has 0 spiro atoms. The smallest absolute Gasteiger partial charge is 0.0585 e. The lowest BCUT2D eigenvalue weighted by atomic mass is 9.82. The van der Waals surface area contributed by atoms with Gasteiger partial charge in [-0.1, -0.05) is 118 Å². The molecule has 0 N–H and O–H groups in total. The summed E-state index contributed by atoms with van der Waals surface area (Å²) in [4.78, 5) is 0. The molecular weight excluding hydrogens is 581 g/mol. The SMILES string of the molecule is CC1C=CC=CC1n1c2ccccc2c2cc(-c3ccc4c(c3)c3cc5c(cc3n4-c3ccccc3)C(C)(C)c3ccccc3-5)ccc21. The van der Waals surface area contributed by atoms with E-state index >= 15 is 0 Å². The molecular formula is C46H36N2.